The van der Waals surface area contributed by atoms with Crippen molar-refractivity contribution < 1.29 is 14.8 Å². The zero-order chi connectivity index (χ0) is 18.7. The van der Waals surface area contributed by atoms with Crippen molar-refractivity contribution in [2.45, 2.75) is 24.4 Å². The van der Waals surface area contributed by atoms with Crippen LogP contribution in [0.2, 0.25) is 0 Å². The minimum Gasteiger partial charge on any atom is -0.544 e. The number of hydrogen-bond acceptors (Lipinski definition) is 2. The van der Waals surface area contributed by atoms with Crippen molar-refractivity contribution in [3.8, 4) is 0 Å². The number of carbonyl (C=O) groups is 1. The van der Waals surface area contributed by atoms with E-state index < -0.39 is 17.6 Å². The second kappa shape index (κ2) is 7.37. The van der Waals surface area contributed by atoms with Crippen molar-refractivity contribution >= 4 is 5.97 Å². The molecule has 0 aromatic heterocycles. The highest BCUT2D eigenvalue weighted by atomic mass is 16.4. The Hall–Kier alpha value is -2.91. The lowest BCUT2D eigenvalue weighted by Gasteiger charge is -2.43. The van der Waals surface area contributed by atoms with Gasteiger partial charge in [-0.25, -0.2) is 0 Å². The normalized spacial score (nSPS) is 19.7. The number of carboxylic acids is 1. The van der Waals surface area contributed by atoms with E-state index in [0.29, 0.717) is 6.42 Å². The van der Waals surface area contributed by atoms with Gasteiger partial charge in [-0.1, -0.05) is 91.0 Å². The maximum atomic E-state index is 12.0. The van der Waals surface area contributed by atoms with Crippen LogP contribution < -0.4 is 10.0 Å². The van der Waals surface area contributed by atoms with Crippen LogP contribution in [-0.4, -0.2) is 18.6 Å². The number of aliphatic carboxylic acids is 1. The second-order valence-corrected chi connectivity index (χ2v) is 7.14. The first-order valence-electron chi connectivity index (χ1n) is 9.48. The average Bonchev–Trinajstić information content (AvgIpc) is 3.22. The molecule has 0 radical (unpaired) electrons. The van der Waals surface area contributed by atoms with E-state index in [0.717, 1.165) is 34.6 Å². The Morgan fingerprint density at radius 1 is 0.778 bits per heavy atom. The van der Waals surface area contributed by atoms with Crippen LogP contribution in [0, 0.1) is 0 Å². The summed E-state index contributed by atoms with van der Waals surface area (Å²) in [5, 5.41) is 12.0. The first-order chi connectivity index (χ1) is 13.2. The zero-order valence-corrected chi connectivity index (χ0v) is 15.2. The summed E-state index contributed by atoms with van der Waals surface area (Å²) in [6.07, 6.45) is 1.52. The third-order valence-corrected chi connectivity index (χ3v) is 5.75. The summed E-state index contributed by atoms with van der Waals surface area (Å²) in [5.41, 5.74) is 2.71. The summed E-state index contributed by atoms with van der Waals surface area (Å²) in [4.78, 5) is 13.1. The fourth-order valence-electron chi connectivity index (χ4n) is 4.67. The van der Waals surface area contributed by atoms with E-state index in [1.807, 2.05) is 54.6 Å². The minimum absolute atomic E-state index is 0.536. The van der Waals surface area contributed by atoms with Gasteiger partial charge in [0.2, 0.25) is 0 Å². The fraction of sp³-hybridized carbons (Fsp3) is 0.208. The van der Waals surface area contributed by atoms with Gasteiger partial charge in [0.1, 0.15) is 6.04 Å². The molecule has 1 aliphatic heterocycles. The minimum atomic E-state index is -0.963. The molecule has 3 aromatic carbocycles. The summed E-state index contributed by atoms with van der Waals surface area (Å²) in [6.45, 7) is 0.789. The molecule has 3 aromatic rings. The Morgan fingerprint density at radius 3 is 1.56 bits per heavy atom. The number of likely N-dealkylation sites (tertiary alicyclic amines) is 1. The fourth-order valence-corrected chi connectivity index (χ4v) is 4.67. The van der Waals surface area contributed by atoms with Gasteiger partial charge in [-0.2, -0.15) is 0 Å². The predicted molar refractivity (Wildman–Crippen MR) is 103 cm³/mol. The molecule has 0 spiro atoms. The van der Waals surface area contributed by atoms with Crippen LogP contribution in [-0.2, 0) is 10.3 Å². The van der Waals surface area contributed by atoms with Crippen LogP contribution in [0.1, 0.15) is 29.5 Å². The van der Waals surface area contributed by atoms with Crippen LogP contribution in [0.5, 0.6) is 0 Å². The molecule has 0 bridgehead atoms. The van der Waals surface area contributed by atoms with E-state index in [1.54, 1.807) is 0 Å². The molecule has 0 aliphatic carbocycles. The standard InChI is InChI=1S/C24H23NO2/c26-23(27)22-17-10-18-25(22)24(19-11-4-1-5-12-19,20-13-6-2-7-14-20)21-15-8-3-9-16-21/h1-9,11-16,22H,10,17-18H2,(H,26,27)/t22-/m1/s1. The Labute approximate surface area is 159 Å². The molecule has 1 unspecified atom stereocenters. The van der Waals surface area contributed by atoms with E-state index in [4.69, 9.17) is 0 Å². The third kappa shape index (κ3) is 2.94. The Kier molecular flexibility index (Phi) is 4.78. The quantitative estimate of drug-likeness (QED) is 0.708. The molecule has 4 rings (SSSR count). The van der Waals surface area contributed by atoms with Gasteiger partial charge in [0, 0.05) is 29.5 Å². The van der Waals surface area contributed by atoms with E-state index in [1.165, 1.54) is 0 Å². The maximum absolute atomic E-state index is 12.0. The Bertz CT molecular complexity index is 797. The van der Waals surface area contributed by atoms with Gasteiger partial charge in [0.25, 0.3) is 0 Å². The molecule has 1 N–H and O–H groups in total. The number of carboxylic acid groups (broad SMARTS) is 1. The predicted octanol–water partition coefficient (Wildman–Crippen LogP) is 1.78. The van der Waals surface area contributed by atoms with Crippen molar-refractivity contribution in [1.29, 1.82) is 0 Å². The van der Waals surface area contributed by atoms with Crippen LogP contribution in [0.15, 0.2) is 91.0 Å². The van der Waals surface area contributed by atoms with Crippen LogP contribution in [0.25, 0.3) is 0 Å². The lowest BCUT2D eigenvalue weighted by Crippen LogP contribution is -3.21. The van der Waals surface area contributed by atoms with Crippen molar-refractivity contribution in [3.05, 3.63) is 108 Å². The monoisotopic (exact) mass is 357 g/mol. The number of quaternary nitrogens is 1. The largest absolute Gasteiger partial charge is 0.544 e. The molecule has 1 fully saturated rings. The second-order valence-electron chi connectivity index (χ2n) is 7.14. The first kappa shape index (κ1) is 17.5. The van der Waals surface area contributed by atoms with Gasteiger partial charge < -0.3 is 14.8 Å². The number of nitrogens with one attached hydrogen (secondary N) is 1. The Morgan fingerprint density at radius 2 is 1.19 bits per heavy atom. The van der Waals surface area contributed by atoms with Crippen LogP contribution in [0.3, 0.4) is 0 Å². The highest BCUT2D eigenvalue weighted by molar-refractivity contribution is 5.70. The molecule has 1 heterocycles. The molecule has 3 heteroatoms. The summed E-state index contributed by atoms with van der Waals surface area (Å²) in [7, 11) is 0. The van der Waals surface area contributed by atoms with Gasteiger partial charge >= 0.3 is 0 Å². The molecule has 27 heavy (non-hydrogen) atoms. The molecular formula is C24H23NO2. The van der Waals surface area contributed by atoms with Crippen LogP contribution >= 0.6 is 0 Å². The van der Waals surface area contributed by atoms with Gasteiger partial charge in [-0.3, -0.25) is 0 Å². The van der Waals surface area contributed by atoms with Crippen molar-refractivity contribution in [2.75, 3.05) is 6.54 Å². The average molecular weight is 357 g/mol. The Balaban J connectivity index is 2.05. The number of rotatable bonds is 5. The lowest BCUT2D eigenvalue weighted by atomic mass is 9.75. The topological polar surface area (TPSA) is 44.6 Å². The SMILES string of the molecule is O=C([O-])[C@H]1CCC[NH+]1C(c1ccccc1)(c1ccccc1)c1ccccc1. The first-order valence-corrected chi connectivity index (χ1v) is 9.48. The van der Waals surface area contributed by atoms with Gasteiger partial charge in [0.15, 0.2) is 5.54 Å². The van der Waals surface area contributed by atoms with E-state index in [2.05, 4.69) is 36.4 Å². The molecule has 0 saturated carbocycles. The van der Waals surface area contributed by atoms with E-state index in [-0.39, 0.29) is 0 Å². The van der Waals surface area contributed by atoms with Gasteiger partial charge in [0.05, 0.1) is 12.5 Å². The van der Waals surface area contributed by atoms with E-state index in [9.17, 15) is 9.90 Å². The summed E-state index contributed by atoms with van der Waals surface area (Å²) in [5.74, 6) is -0.963. The molecule has 1 saturated heterocycles. The van der Waals surface area contributed by atoms with Crippen molar-refractivity contribution in [2.24, 2.45) is 0 Å². The lowest BCUT2D eigenvalue weighted by molar-refractivity contribution is -0.953. The maximum Gasteiger partial charge on any atom is 0.175 e. The smallest absolute Gasteiger partial charge is 0.175 e. The van der Waals surface area contributed by atoms with Crippen molar-refractivity contribution in [1.82, 2.24) is 0 Å². The molecule has 1 aliphatic rings. The van der Waals surface area contributed by atoms with Gasteiger partial charge in [-0.15, -0.1) is 0 Å². The third-order valence-electron chi connectivity index (χ3n) is 5.75. The molecule has 2 atom stereocenters. The molecule has 0 amide bonds. The highest BCUT2D eigenvalue weighted by Gasteiger charge is 2.51. The zero-order valence-electron chi connectivity index (χ0n) is 15.2. The molecular weight excluding hydrogens is 334 g/mol. The summed E-state index contributed by atoms with van der Waals surface area (Å²) in [6, 6.07) is 30.3. The number of carbonyl (C=O) groups excluding carboxylic acids is 1. The number of benzene rings is 3. The van der Waals surface area contributed by atoms with Crippen molar-refractivity contribution in [3.63, 3.8) is 0 Å². The summed E-state index contributed by atoms with van der Waals surface area (Å²) < 4.78 is 0. The van der Waals surface area contributed by atoms with Gasteiger partial charge in [-0.05, 0) is 0 Å². The highest BCUT2D eigenvalue weighted by Crippen LogP contribution is 2.35. The number of hydrogen-bond donors (Lipinski definition) is 1. The van der Waals surface area contributed by atoms with E-state index >= 15 is 0 Å². The molecule has 136 valence electrons. The van der Waals surface area contributed by atoms with Crippen LogP contribution in [0.4, 0.5) is 0 Å². The summed E-state index contributed by atoms with van der Waals surface area (Å²) >= 11 is 0. The molecule has 3 nitrogen and oxygen atoms in total.